The van der Waals surface area contributed by atoms with E-state index < -0.39 is 10.8 Å². The number of aromatic nitrogens is 2. The lowest BCUT2D eigenvalue weighted by Crippen LogP contribution is -2.33. The first-order valence-corrected chi connectivity index (χ1v) is 5.97. The number of piperidine rings is 1. The van der Waals surface area contributed by atoms with E-state index in [-0.39, 0.29) is 17.7 Å². The normalized spacial score (nSPS) is 19.2. The first-order valence-electron chi connectivity index (χ1n) is 4.76. The molecule has 1 aliphatic rings. The summed E-state index contributed by atoms with van der Waals surface area (Å²) in [4.78, 5) is 8.04. The summed E-state index contributed by atoms with van der Waals surface area (Å²) in [6.45, 7) is 1.90. The first-order chi connectivity index (χ1) is 6.88. The maximum Gasteiger partial charge on any atom is 0.218 e. The molecular weight excluding hydrogens is 234 g/mol. The SMILES string of the molecule is Cl.O=S(c1ncccn1)C1CCNCC1. The van der Waals surface area contributed by atoms with Gasteiger partial charge in [-0.25, -0.2) is 9.97 Å². The van der Waals surface area contributed by atoms with E-state index in [1.54, 1.807) is 18.5 Å². The van der Waals surface area contributed by atoms with Crippen molar-refractivity contribution in [3.05, 3.63) is 18.5 Å². The fourth-order valence-electron chi connectivity index (χ4n) is 1.55. The van der Waals surface area contributed by atoms with Crippen molar-refractivity contribution in [2.24, 2.45) is 0 Å². The molecule has 1 unspecified atom stereocenters. The van der Waals surface area contributed by atoms with Crippen molar-refractivity contribution in [3.63, 3.8) is 0 Å². The Balaban J connectivity index is 0.00000112. The first kappa shape index (κ1) is 12.5. The average molecular weight is 248 g/mol. The maximum absolute atomic E-state index is 12.0. The van der Waals surface area contributed by atoms with E-state index in [1.807, 2.05) is 0 Å². The predicted octanol–water partition coefficient (Wildman–Crippen LogP) is 0.758. The lowest BCUT2D eigenvalue weighted by Gasteiger charge is -2.20. The Hall–Kier alpha value is -0.520. The van der Waals surface area contributed by atoms with Crippen molar-refractivity contribution in [3.8, 4) is 0 Å². The molecule has 0 bridgehead atoms. The lowest BCUT2D eigenvalue weighted by atomic mass is 10.2. The molecule has 15 heavy (non-hydrogen) atoms. The largest absolute Gasteiger partial charge is 0.317 e. The fourth-order valence-corrected chi connectivity index (χ4v) is 2.84. The molecule has 0 spiro atoms. The molecule has 1 saturated heterocycles. The van der Waals surface area contributed by atoms with Crippen molar-refractivity contribution in [1.29, 1.82) is 0 Å². The molecule has 6 heteroatoms. The minimum absolute atomic E-state index is 0. The van der Waals surface area contributed by atoms with E-state index in [0.717, 1.165) is 25.9 Å². The number of hydrogen-bond acceptors (Lipinski definition) is 4. The number of rotatable bonds is 2. The number of hydrogen-bond donors (Lipinski definition) is 1. The van der Waals surface area contributed by atoms with Crippen LogP contribution < -0.4 is 5.32 Å². The number of nitrogens with one attached hydrogen (secondary N) is 1. The Kier molecular flexibility index (Phi) is 5.14. The summed E-state index contributed by atoms with van der Waals surface area (Å²) >= 11 is 0. The van der Waals surface area contributed by atoms with Gasteiger partial charge in [-0.3, -0.25) is 4.21 Å². The molecule has 1 aromatic rings. The van der Waals surface area contributed by atoms with Crippen LogP contribution in [0.25, 0.3) is 0 Å². The van der Waals surface area contributed by atoms with E-state index in [0.29, 0.717) is 5.16 Å². The second-order valence-electron chi connectivity index (χ2n) is 3.28. The van der Waals surface area contributed by atoms with Gasteiger partial charge < -0.3 is 5.32 Å². The summed E-state index contributed by atoms with van der Waals surface area (Å²) in [7, 11) is -1.03. The highest BCUT2D eigenvalue weighted by molar-refractivity contribution is 7.85. The van der Waals surface area contributed by atoms with Gasteiger partial charge >= 0.3 is 0 Å². The monoisotopic (exact) mass is 247 g/mol. The van der Waals surface area contributed by atoms with Gasteiger partial charge in [0.25, 0.3) is 0 Å². The average Bonchev–Trinajstić information content (AvgIpc) is 2.30. The third-order valence-corrected chi connectivity index (χ3v) is 3.96. The molecule has 0 aliphatic carbocycles. The van der Waals surface area contributed by atoms with Gasteiger partial charge in [-0.2, -0.15) is 0 Å². The van der Waals surface area contributed by atoms with Crippen LogP contribution in [-0.4, -0.2) is 32.5 Å². The molecule has 0 aromatic carbocycles. The summed E-state index contributed by atoms with van der Waals surface area (Å²) < 4.78 is 12.0. The molecular formula is C9H14ClN3OS. The third kappa shape index (κ3) is 3.22. The second kappa shape index (κ2) is 6.15. The zero-order valence-corrected chi connectivity index (χ0v) is 9.89. The topological polar surface area (TPSA) is 54.9 Å². The van der Waals surface area contributed by atoms with Crippen LogP contribution in [-0.2, 0) is 10.8 Å². The zero-order valence-electron chi connectivity index (χ0n) is 8.26. The molecule has 1 aromatic heterocycles. The third-order valence-electron chi connectivity index (χ3n) is 2.31. The summed E-state index contributed by atoms with van der Waals surface area (Å²) in [5, 5.41) is 3.94. The Morgan fingerprint density at radius 3 is 2.47 bits per heavy atom. The van der Waals surface area contributed by atoms with Crippen molar-refractivity contribution < 1.29 is 4.21 Å². The Bertz CT molecular complexity index is 316. The molecule has 1 atom stereocenters. The van der Waals surface area contributed by atoms with Crippen LogP contribution in [0.15, 0.2) is 23.6 Å². The van der Waals surface area contributed by atoms with Crippen LogP contribution in [0, 0.1) is 0 Å². The Morgan fingerprint density at radius 2 is 1.87 bits per heavy atom. The van der Waals surface area contributed by atoms with Crippen LogP contribution in [0.1, 0.15) is 12.8 Å². The Labute approximate surface area is 97.8 Å². The van der Waals surface area contributed by atoms with Gasteiger partial charge in [0.1, 0.15) is 0 Å². The van der Waals surface area contributed by atoms with Gasteiger partial charge in [0.2, 0.25) is 5.16 Å². The van der Waals surface area contributed by atoms with Crippen molar-refractivity contribution in [2.45, 2.75) is 23.2 Å². The van der Waals surface area contributed by atoms with Gasteiger partial charge in [0.15, 0.2) is 0 Å². The smallest absolute Gasteiger partial charge is 0.218 e. The standard InChI is InChI=1S/C9H13N3OS.ClH/c13-14(8-2-6-10-7-3-8)9-11-4-1-5-12-9;/h1,4-5,8,10H,2-3,6-7H2;1H. The van der Waals surface area contributed by atoms with Gasteiger partial charge in [-0.1, -0.05) is 0 Å². The molecule has 0 amide bonds. The summed E-state index contributed by atoms with van der Waals surface area (Å²) in [6, 6.07) is 1.74. The highest BCUT2D eigenvalue weighted by Gasteiger charge is 2.22. The molecule has 0 saturated carbocycles. The fraction of sp³-hybridized carbons (Fsp3) is 0.556. The minimum atomic E-state index is -1.03. The van der Waals surface area contributed by atoms with Crippen LogP contribution >= 0.6 is 12.4 Å². The lowest BCUT2D eigenvalue weighted by molar-refractivity contribution is 0.517. The van der Waals surface area contributed by atoms with Gasteiger partial charge in [0.05, 0.1) is 10.8 Å². The maximum atomic E-state index is 12.0. The molecule has 1 aliphatic heterocycles. The van der Waals surface area contributed by atoms with Crippen LogP contribution in [0.3, 0.4) is 0 Å². The van der Waals surface area contributed by atoms with Crippen molar-refractivity contribution >= 4 is 23.2 Å². The molecule has 2 heterocycles. The highest BCUT2D eigenvalue weighted by Crippen LogP contribution is 2.14. The van der Waals surface area contributed by atoms with Gasteiger partial charge in [0, 0.05) is 17.6 Å². The highest BCUT2D eigenvalue weighted by atomic mass is 35.5. The van der Waals surface area contributed by atoms with Crippen molar-refractivity contribution in [1.82, 2.24) is 15.3 Å². The van der Waals surface area contributed by atoms with Gasteiger partial charge in [-0.15, -0.1) is 12.4 Å². The van der Waals surface area contributed by atoms with Crippen molar-refractivity contribution in [2.75, 3.05) is 13.1 Å². The van der Waals surface area contributed by atoms with Crippen LogP contribution in [0.5, 0.6) is 0 Å². The predicted molar refractivity (Wildman–Crippen MR) is 61.6 cm³/mol. The van der Waals surface area contributed by atoms with E-state index in [2.05, 4.69) is 15.3 Å². The minimum Gasteiger partial charge on any atom is -0.317 e. The summed E-state index contributed by atoms with van der Waals surface area (Å²) in [6.07, 6.45) is 5.18. The number of nitrogens with zero attached hydrogens (tertiary/aromatic N) is 2. The quantitative estimate of drug-likeness (QED) is 0.784. The molecule has 2 rings (SSSR count). The molecule has 4 nitrogen and oxygen atoms in total. The van der Waals surface area contributed by atoms with Gasteiger partial charge in [-0.05, 0) is 32.0 Å². The van der Waals surface area contributed by atoms with E-state index in [1.165, 1.54) is 0 Å². The number of halogens is 1. The van der Waals surface area contributed by atoms with E-state index in [9.17, 15) is 4.21 Å². The summed E-state index contributed by atoms with van der Waals surface area (Å²) in [5.41, 5.74) is 0. The van der Waals surface area contributed by atoms with E-state index >= 15 is 0 Å². The molecule has 0 radical (unpaired) electrons. The van der Waals surface area contributed by atoms with Crippen LogP contribution in [0.2, 0.25) is 0 Å². The zero-order chi connectivity index (χ0) is 9.80. The molecule has 84 valence electrons. The van der Waals surface area contributed by atoms with Crippen LogP contribution in [0.4, 0.5) is 0 Å². The molecule has 1 fully saturated rings. The molecule has 1 N–H and O–H groups in total. The van der Waals surface area contributed by atoms with E-state index in [4.69, 9.17) is 0 Å². The second-order valence-corrected chi connectivity index (χ2v) is 4.90. The Morgan fingerprint density at radius 1 is 1.27 bits per heavy atom. The summed E-state index contributed by atoms with van der Waals surface area (Å²) in [5.74, 6) is 0.